The van der Waals surface area contributed by atoms with E-state index in [4.69, 9.17) is 0 Å². The summed E-state index contributed by atoms with van der Waals surface area (Å²) in [4.78, 5) is 39.2. The third-order valence-corrected chi connectivity index (χ3v) is 10.2. The summed E-state index contributed by atoms with van der Waals surface area (Å²) in [6.45, 7) is 8.64. The van der Waals surface area contributed by atoms with Crippen LogP contribution in [0.1, 0.15) is 51.7 Å². The van der Waals surface area contributed by atoms with E-state index in [1.165, 1.54) is 0 Å². The number of ketones is 1. The van der Waals surface area contributed by atoms with Crippen molar-refractivity contribution < 1.29 is 34.3 Å². The lowest BCUT2D eigenvalue weighted by Crippen LogP contribution is -2.32. The molecule has 0 saturated heterocycles. The van der Waals surface area contributed by atoms with Crippen LogP contribution in [0.15, 0.2) is 108 Å². The minimum Gasteiger partial charge on any atom is -0.506 e. The van der Waals surface area contributed by atoms with Gasteiger partial charge in [-0.2, -0.15) is 4.58 Å². The summed E-state index contributed by atoms with van der Waals surface area (Å²) in [6.07, 6.45) is 3.22. The Kier molecular flexibility index (Phi) is 7.16. The normalized spacial score (nSPS) is 19.4. The number of aliphatic hydroxyl groups is 1. The van der Waals surface area contributed by atoms with E-state index in [1.807, 2.05) is 70.1 Å². The van der Waals surface area contributed by atoms with Gasteiger partial charge in [-0.3, -0.25) is 14.4 Å². The summed E-state index contributed by atoms with van der Waals surface area (Å²) in [5.74, 6) is -2.31. The standard InChI is InChI=1S/C40H36N2O6/c1-39(2)31(41(19-17-33(43)44)29-15-13-23-9-5-7-11-25(23)35(29)39)21-27-37(47)28(38(27)48)22-32-40(3,4)36-26-12-8-6-10-24(26)14-16-30(36)42(32)20-18-34(45)46/h5-16,21-22H,17-20H2,1-4H3,(H2-,43,44,45,46,47,48)/p+1. The molecule has 48 heavy (non-hydrogen) atoms. The second-order valence-electron chi connectivity index (χ2n) is 13.8. The zero-order chi connectivity index (χ0) is 34.1. The summed E-state index contributed by atoms with van der Waals surface area (Å²) in [5, 5.41) is 34.8. The van der Waals surface area contributed by atoms with Crippen molar-refractivity contribution in [1.29, 1.82) is 0 Å². The molecule has 4 aromatic rings. The molecule has 0 fully saturated rings. The van der Waals surface area contributed by atoms with Crippen LogP contribution in [-0.4, -0.2) is 56.4 Å². The van der Waals surface area contributed by atoms with Gasteiger partial charge in [0, 0.05) is 41.1 Å². The lowest BCUT2D eigenvalue weighted by Gasteiger charge is -2.29. The van der Waals surface area contributed by atoms with Gasteiger partial charge in [0.2, 0.25) is 11.5 Å². The van der Waals surface area contributed by atoms with Crippen LogP contribution >= 0.6 is 0 Å². The van der Waals surface area contributed by atoms with Crippen LogP contribution in [0.3, 0.4) is 0 Å². The number of fused-ring (bicyclic) bond motifs is 6. The molecule has 0 atom stereocenters. The highest BCUT2D eigenvalue weighted by atomic mass is 16.4. The Bertz CT molecular complexity index is 2230. The smallest absolute Gasteiger partial charge is 0.309 e. The van der Waals surface area contributed by atoms with E-state index in [0.717, 1.165) is 55.5 Å². The number of anilines is 1. The van der Waals surface area contributed by atoms with E-state index in [2.05, 4.69) is 39.8 Å². The van der Waals surface area contributed by atoms with Crippen LogP contribution in [0, 0.1) is 0 Å². The van der Waals surface area contributed by atoms with Crippen molar-refractivity contribution in [2.24, 2.45) is 0 Å². The highest BCUT2D eigenvalue weighted by molar-refractivity contribution is 6.24. The van der Waals surface area contributed by atoms with E-state index in [9.17, 15) is 29.7 Å². The Hall–Kier alpha value is -5.50. The molecule has 0 unspecified atom stereocenters. The highest BCUT2D eigenvalue weighted by Crippen LogP contribution is 2.52. The topological polar surface area (TPSA) is 118 Å². The summed E-state index contributed by atoms with van der Waals surface area (Å²) < 4.78 is 1.95. The zero-order valence-corrected chi connectivity index (χ0v) is 27.4. The third-order valence-electron chi connectivity index (χ3n) is 10.2. The van der Waals surface area contributed by atoms with Gasteiger partial charge in [-0.25, -0.2) is 0 Å². The van der Waals surface area contributed by atoms with Crippen molar-refractivity contribution in [2.75, 3.05) is 18.0 Å². The second kappa shape index (κ2) is 11.0. The van der Waals surface area contributed by atoms with E-state index < -0.39 is 22.8 Å². The van der Waals surface area contributed by atoms with Crippen molar-refractivity contribution in [3.63, 3.8) is 0 Å². The quantitative estimate of drug-likeness (QED) is 0.136. The van der Waals surface area contributed by atoms with Crippen LogP contribution in [0.25, 0.3) is 21.5 Å². The fraction of sp³-hybridized carbons (Fsp3) is 0.250. The third kappa shape index (κ3) is 4.66. The minimum atomic E-state index is -0.925. The van der Waals surface area contributed by atoms with Gasteiger partial charge in [-0.15, -0.1) is 0 Å². The molecule has 3 N–H and O–H groups in total. The molecule has 0 spiro atoms. The molecule has 0 amide bonds. The number of benzene rings is 4. The maximum Gasteiger partial charge on any atom is 0.309 e. The lowest BCUT2D eigenvalue weighted by atomic mass is 9.76. The first-order valence-electron chi connectivity index (χ1n) is 16.1. The summed E-state index contributed by atoms with van der Waals surface area (Å²) in [5.41, 5.74) is 4.47. The Balaban J connectivity index is 1.34. The van der Waals surface area contributed by atoms with Crippen molar-refractivity contribution >= 4 is 56.4 Å². The van der Waals surface area contributed by atoms with Gasteiger partial charge < -0.3 is 20.2 Å². The molecule has 2 heterocycles. The van der Waals surface area contributed by atoms with Crippen molar-refractivity contribution in [3.05, 3.63) is 119 Å². The average Bonchev–Trinajstić information content (AvgIpc) is 3.41. The minimum absolute atomic E-state index is 0.0986. The maximum absolute atomic E-state index is 13.9. The first-order valence-corrected chi connectivity index (χ1v) is 16.1. The molecule has 0 radical (unpaired) electrons. The number of aliphatic carboxylic acids is 2. The molecule has 1 aliphatic carbocycles. The monoisotopic (exact) mass is 641 g/mol. The van der Waals surface area contributed by atoms with E-state index >= 15 is 0 Å². The molecule has 0 bridgehead atoms. The highest BCUT2D eigenvalue weighted by Gasteiger charge is 2.48. The van der Waals surface area contributed by atoms with Gasteiger partial charge >= 0.3 is 11.9 Å². The van der Waals surface area contributed by atoms with Crippen LogP contribution < -0.4 is 4.90 Å². The number of hydrogen-bond acceptors (Lipinski definition) is 5. The summed E-state index contributed by atoms with van der Waals surface area (Å²) >= 11 is 0. The maximum atomic E-state index is 13.9. The van der Waals surface area contributed by atoms with Crippen LogP contribution in [-0.2, 0) is 25.2 Å². The van der Waals surface area contributed by atoms with Gasteiger partial charge in [-0.1, -0.05) is 68.4 Å². The predicted molar refractivity (Wildman–Crippen MR) is 186 cm³/mol. The van der Waals surface area contributed by atoms with Gasteiger partial charge in [-0.05, 0) is 59.2 Å². The van der Waals surface area contributed by atoms with Crippen LogP contribution in [0.5, 0.6) is 0 Å². The number of hydrogen-bond donors (Lipinski definition) is 3. The number of carbonyl (C=O) groups excluding carboxylic acids is 1. The lowest BCUT2D eigenvalue weighted by molar-refractivity contribution is -0.436. The molecule has 0 saturated carbocycles. The Morgan fingerprint density at radius 1 is 0.771 bits per heavy atom. The number of carbonyl (C=O) groups is 3. The Labute approximate surface area is 278 Å². The van der Waals surface area contributed by atoms with Crippen molar-refractivity contribution in [1.82, 2.24) is 0 Å². The molecule has 8 heteroatoms. The number of Topliss-reactive ketones (excluding diaryl/α,β-unsaturated/α-hetero) is 1. The number of nitrogens with zero attached hydrogens (tertiary/aromatic N) is 2. The van der Waals surface area contributed by atoms with Crippen LogP contribution in [0.2, 0.25) is 0 Å². The van der Waals surface area contributed by atoms with Crippen molar-refractivity contribution in [3.8, 4) is 0 Å². The molecule has 3 aliphatic rings. The number of allylic oxidation sites excluding steroid dienone is 5. The number of aliphatic hydroxyl groups excluding tert-OH is 1. The fourth-order valence-electron chi connectivity index (χ4n) is 7.87. The molecule has 8 nitrogen and oxygen atoms in total. The molecule has 7 rings (SSSR count). The molecule has 2 aliphatic heterocycles. The largest absolute Gasteiger partial charge is 0.506 e. The van der Waals surface area contributed by atoms with Gasteiger partial charge in [0.05, 0.1) is 23.0 Å². The molecular weight excluding hydrogens is 604 g/mol. The average molecular weight is 642 g/mol. The second-order valence-corrected chi connectivity index (χ2v) is 13.8. The molecule has 4 aromatic carbocycles. The number of carboxylic acid groups (broad SMARTS) is 2. The first kappa shape index (κ1) is 31.1. The Morgan fingerprint density at radius 2 is 1.38 bits per heavy atom. The van der Waals surface area contributed by atoms with E-state index in [0.29, 0.717) is 0 Å². The van der Waals surface area contributed by atoms with Gasteiger partial charge in [0.15, 0.2) is 12.3 Å². The molecular formula is C40H37N2O6+. The van der Waals surface area contributed by atoms with Gasteiger partial charge in [0.25, 0.3) is 0 Å². The molecule has 242 valence electrons. The summed E-state index contributed by atoms with van der Waals surface area (Å²) in [6, 6.07) is 24.1. The molecule has 0 aromatic heterocycles. The van der Waals surface area contributed by atoms with E-state index in [-0.39, 0.29) is 48.6 Å². The van der Waals surface area contributed by atoms with E-state index in [1.54, 1.807) is 12.2 Å². The SMILES string of the molecule is CC1(C)C(=CC2=C(O)C(=CC3=[N+](CCC(=O)O)c4ccc5ccccc5c4C3(C)C)C2=O)N(CCC(=O)O)c2ccc3ccccc3c21. The van der Waals surface area contributed by atoms with Crippen LogP contribution in [0.4, 0.5) is 11.4 Å². The zero-order valence-electron chi connectivity index (χ0n) is 27.4. The Morgan fingerprint density at radius 3 is 2.00 bits per heavy atom. The first-order chi connectivity index (χ1) is 22.8. The van der Waals surface area contributed by atoms with Gasteiger partial charge in [0.1, 0.15) is 12.2 Å². The van der Waals surface area contributed by atoms with Crippen molar-refractivity contribution in [2.45, 2.75) is 51.4 Å². The predicted octanol–water partition coefficient (Wildman–Crippen LogP) is 7.32. The summed E-state index contributed by atoms with van der Waals surface area (Å²) in [7, 11) is 0. The number of carboxylic acids is 2. The number of rotatable bonds is 8. The fourth-order valence-corrected chi connectivity index (χ4v) is 7.87.